The fourth-order valence-electron chi connectivity index (χ4n) is 1.47. The Balaban J connectivity index is 2.52. The molecule has 72 valence electrons. The number of anilines is 1. The van der Waals surface area contributed by atoms with Crippen LogP contribution in [0.2, 0.25) is 0 Å². The van der Waals surface area contributed by atoms with Crippen LogP contribution in [0.5, 0.6) is 0 Å². The van der Waals surface area contributed by atoms with Gasteiger partial charge in [-0.2, -0.15) is 5.10 Å². The summed E-state index contributed by atoms with van der Waals surface area (Å²) in [5, 5.41) is 7.65. The molecule has 5 heteroatoms. The minimum atomic E-state index is 0.406. The van der Waals surface area contributed by atoms with Crippen LogP contribution in [0, 0.1) is 0 Å². The van der Waals surface area contributed by atoms with Gasteiger partial charge >= 0.3 is 0 Å². The normalized spacial score (nSPS) is 10.9. The van der Waals surface area contributed by atoms with Crippen molar-refractivity contribution in [3.05, 3.63) is 30.5 Å². The molecule has 0 radical (unpaired) electrons. The van der Waals surface area contributed by atoms with Gasteiger partial charge in [0.2, 0.25) is 0 Å². The number of hydrogen-bond acceptors (Lipinski definition) is 5. The molecule has 0 atom stereocenters. The largest absolute Gasteiger partial charge is 0.383 e. The van der Waals surface area contributed by atoms with E-state index < -0.39 is 0 Å². The first-order valence-corrected chi connectivity index (χ1v) is 4.48. The second-order valence-corrected chi connectivity index (χ2v) is 3.18. The van der Waals surface area contributed by atoms with Crippen molar-refractivity contribution >= 4 is 16.9 Å². The van der Waals surface area contributed by atoms with Gasteiger partial charge in [0.15, 0.2) is 5.82 Å². The first-order valence-electron chi connectivity index (χ1n) is 4.48. The molecule has 2 aliphatic rings. The minimum absolute atomic E-state index is 0.406. The number of para-hydroxylation sites is 2. The zero-order chi connectivity index (χ0) is 10.3. The van der Waals surface area contributed by atoms with Gasteiger partial charge in [-0.25, -0.2) is 9.97 Å². The molecule has 0 saturated heterocycles. The molecule has 0 bridgehead atoms. The summed E-state index contributed by atoms with van der Waals surface area (Å²) in [5.74, 6) is 0.935. The molecule has 1 aromatic carbocycles. The number of benzene rings is 1. The van der Waals surface area contributed by atoms with Crippen LogP contribution >= 0.6 is 0 Å². The molecule has 0 fully saturated rings. The van der Waals surface area contributed by atoms with Gasteiger partial charge in [-0.15, -0.1) is 5.10 Å². The maximum absolute atomic E-state index is 5.82. The topological polar surface area (TPSA) is 77.6 Å². The number of nitrogen functional groups attached to an aromatic ring is 1. The Morgan fingerprint density at radius 2 is 1.73 bits per heavy atom. The summed E-state index contributed by atoms with van der Waals surface area (Å²) in [6.45, 7) is 0. The second-order valence-electron chi connectivity index (χ2n) is 3.18. The maximum atomic E-state index is 5.82. The third-order valence-electron chi connectivity index (χ3n) is 2.21. The Hall–Kier alpha value is -2.30. The molecule has 2 N–H and O–H groups in total. The van der Waals surface area contributed by atoms with Crippen LogP contribution in [0.1, 0.15) is 0 Å². The minimum Gasteiger partial charge on any atom is -0.383 e. The van der Waals surface area contributed by atoms with Crippen molar-refractivity contribution in [1.29, 1.82) is 0 Å². The van der Waals surface area contributed by atoms with Crippen LogP contribution in [0.3, 0.4) is 0 Å². The molecule has 0 aromatic heterocycles. The predicted molar refractivity (Wildman–Crippen MR) is 56.2 cm³/mol. The molecule has 2 heterocycles. The predicted octanol–water partition coefficient (Wildman–Crippen LogP) is 1.11. The number of hydrogen-bond donors (Lipinski definition) is 1. The highest BCUT2D eigenvalue weighted by Gasteiger charge is 2.11. The van der Waals surface area contributed by atoms with Crippen LogP contribution < -0.4 is 5.73 Å². The van der Waals surface area contributed by atoms with Crippen LogP contribution in [0.15, 0.2) is 30.5 Å². The molecule has 5 nitrogen and oxygen atoms in total. The van der Waals surface area contributed by atoms with Crippen molar-refractivity contribution in [2.45, 2.75) is 0 Å². The first kappa shape index (κ1) is 8.05. The zero-order valence-electron chi connectivity index (χ0n) is 7.75. The first-order chi connectivity index (χ1) is 7.34. The molecule has 0 unspecified atom stereocenters. The standard InChI is InChI=1S/C10H7N5/c11-9-6-5-12-15-10(6)14-8-4-2-1-3-7(8)13-9/h1-5H,(H2,11,13). The fourth-order valence-corrected chi connectivity index (χ4v) is 1.47. The lowest BCUT2D eigenvalue weighted by molar-refractivity contribution is 1.08. The Morgan fingerprint density at radius 1 is 1.00 bits per heavy atom. The molecular formula is C10H7N5. The number of rotatable bonds is 0. The summed E-state index contributed by atoms with van der Waals surface area (Å²) in [5.41, 5.74) is 8.02. The van der Waals surface area contributed by atoms with Crippen molar-refractivity contribution in [2.24, 2.45) is 0 Å². The van der Waals surface area contributed by atoms with Gasteiger partial charge in [0.25, 0.3) is 0 Å². The SMILES string of the molecule is Nc1nc2ccccc2nc2nncc1-2. The average Bonchev–Trinajstić information content (AvgIpc) is 2.64. The van der Waals surface area contributed by atoms with Crippen molar-refractivity contribution < 1.29 is 0 Å². The van der Waals surface area contributed by atoms with E-state index in [9.17, 15) is 0 Å². The summed E-state index contributed by atoms with van der Waals surface area (Å²) < 4.78 is 0. The van der Waals surface area contributed by atoms with Gasteiger partial charge in [-0.1, -0.05) is 12.1 Å². The average molecular weight is 197 g/mol. The Morgan fingerprint density at radius 3 is 2.53 bits per heavy atom. The van der Waals surface area contributed by atoms with E-state index in [4.69, 9.17) is 5.73 Å². The molecular weight excluding hydrogens is 190 g/mol. The van der Waals surface area contributed by atoms with Crippen LogP contribution in [-0.4, -0.2) is 20.2 Å². The molecule has 0 amide bonds. The summed E-state index contributed by atoms with van der Waals surface area (Å²) >= 11 is 0. The molecule has 15 heavy (non-hydrogen) atoms. The summed E-state index contributed by atoms with van der Waals surface area (Å²) in [7, 11) is 0. The van der Waals surface area contributed by atoms with Crippen LogP contribution in [0.25, 0.3) is 22.4 Å². The van der Waals surface area contributed by atoms with Gasteiger partial charge in [0.05, 0.1) is 22.8 Å². The van der Waals surface area contributed by atoms with Gasteiger partial charge < -0.3 is 5.73 Å². The molecule has 2 aliphatic heterocycles. The van der Waals surface area contributed by atoms with Crippen molar-refractivity contribution in [3.63, 3.8) is 0 Å². The highest BCUT2D eigenvalue weighted by atomic mass is 15.2. The quantitative estimate of drug-likeness (QED) is 0.584. The van der Waals surface area contributed by atoms with E-state index in [2.05, 4.69) is 20.2 Å². The van der Waals surface area contributed by atoms with E-state index in [1.807, 2.05) is 24.3 Å². The van der Waals surface area contributed by atoms with Gasteiger partial charge in [0.1, 0.15) is 5.82 Å². The summed E-state index contributed by atoms with van der Waals surface area (Å²) in [4.78, 5) is 8.62. The highest BCUT2D eigenvalue weighted by molar-refractivity contribution is 5.80. The Bertz CT molecular complexity index is 607. The maximum Gasteiger partial charge on any atom is 0.187 e. The van der Waals surface area contributed by atoms with Crippen molar-refractivity contribution in [2.75, 3.05) is 5.73 Å². The molecule has 1 aromatic rings. The lowest BCUT2D eigenvalue weighted by Gasteiger charge is -1.88. The summed E-state index contributed by atoms with van der Waals surface area (Å²) in [6, 6.07) is 7.53. The summed E-state index contributed by atoms with van der Waals surface area (Å²) in [6.07, 6.45) is 1.57. The van der Waals surface area contributed by atoms with E-state index in [1.54, 1.807) is 6.20 Å². The van der Waals surface area contributed by atoms with Crippen LogP contribution in [0.4, 0.5) is 5.82 Å². The molecule has 0 aliphatic carbocycles. The van der Waals surface area contributed by atoms with Crippen molar-refractivity contribution in [3.8, 4) is 11.4 Å². The lowest BCUT2D eigenvalue weighted by atomic mass is 10.3. The number of nitrogens with two attached hydrogens (primary N) is 1. The van der Waals surface area contributed by atoms with E-state index in [-0.39, 0.29) is 0 Å². The second kappa shape index (κ2) is 2.84. The lowest BCUT2D eigenvalue weighted by Crippen LogP contribution is -1.89. The van der Waals surface area contributed by atoms with Gasteiger partial charge in [-0.3, -0.25) is 0 Å². The molecule has 0 saturated carbocycles. The third-order valence-corrected chi connectivity index (χ3v) is 2.21. The highest BCUT2D eigenvalue weighted by Crippen LogP contribution is 2.22. The molecule has 3 rings (SSSR count). The van der Waals surface area contributed by atoms with Gasteiger partial charge in [0, 0.05) is 0 Å². The van der Waals surface area contributed by atoms with Crippen molar-refractivity contribution in [1.82, 2.24) is 20.2 Å². The number of fused-ring (bicyclic) bond motifs is 2. The fraction of sp³-hybridized carbons (Fsp3) is 0. The van der Waals surface area contributed by atoms with Crippen LogP contribution in [-0.2, 0) is 0 Å². The Kier molecular flexibility index (Phi) is 1.53. The molecule has 0 spiro atoms. The Labute approximate surface area is 85.3 Å². The smallest absolute Gasteiger partial charge is 0.187 e. The van der Waals surface area contributed by atoms with E-state index in [0.717, 1.165) is 11.0 Å². The van der Waals surface area contributed by atoms with E-state index >= 15 is 0 Å². The van der Waals surface area contributed by atoms with E-state index in [0.29, 0.717) is 17.2 Å². The number of aromatic nitrogens is 4. The zero-order valence-corrected chi connectivity index (χ0v) is 7.75. The number of nitrogens with zero attached hydrogens (tertiary/aromatic N) is 4. The van der Waals surface area contributed by atoms with E-state index in [1.165, 1.54) is 0 Å². The van der Waals surface area contributed by atoms with Gasteiger partial charge in [-0.05, 0) is 12.1 Å². The monoisotopic (exact) mass is 197 g/mol. The third kappa shape index (κ3) is 1.17.